The molecule has 72 valence electrons. The second-order valence-corrected chi connectivity index (χ2v) is 3.27. The van der Waals surface area contributed by atoms with Crippen LogP contribution in [0.3, 0.4) is 0 Å². The second-order valence-electron chi connectivity index (χ2n) is 3.27. The zero-order valence-electron chi connectivity index (χ0n) is 7.73. The zero-order valence-corrected chi connectivity index (χ0v) is 7.73. The summed E-state index contributed by atoms with van der Waals surface area (Å²) in [6.45, 7) is 1.61. The van der Waals surface area contributed by atoms with E-state index < -0.39 is 29.0 Å². The third-order valence-corrected chi connectivity index (χ3v) is 2.70. The van der Waals surface area contributed by atoms with E-state index in [-0.39, 0.29) is 7.41 Å². The number of β-lactam (4-membered cyclic amide) rings is 4. The number of nitrogens with zero attached hydrogens (tertiary/aromatic N) is 2. The molecule has 2 aliphatic heterocycles. The summed E-state index contributed by atoms with van der Waals surface area (Å²) in [7, 11) is 1.45. The Morgan fingerprint density at radius 1 is 1.00 bits per heavy atom. The van der Waals surface area contributed by atoms with Gasteiger partial charge in [-0.25, -0.2) is 0 Å². The molecule has 2 saturated heterocycles. The number of hydrogen-bond acceptors (Lipinski definition) is 4. The van der Waals surface area contributed by atoms with Crippen molar-refractivity contribution >= 4 is 31.0 Å². The number of imide groups is 2. The second kappa shape index (κ2) is 2.23. The number of carbonyl (C=O) groups excluding carboxylic acids is 4. The summed E-state index contributed by atoms with van der Waals surface area (Å²) in [6, 6.07) is 0. The maximum Gasteiger partial charge on any atom is 0.282 e. The Hall–Kier alpha value is -1.66. The van der Waals surface area contributed by atoms with Gasteiger partial charge in [-0.1, -0.05) is 6.82 Å². The molecule has 0 N–H and O–H groups in total. The summed E-state index contributed by atoms with van der Waals surface area (Å²) in [5.41, 5.74) is -1.98. The van der Waals surface area contributed by atoms with Gasteiger partial charge in [0.2, 0.25) is 7.41 Å². The minimum atomic E-state index is -1.98. The van der Waals surface area contributed by atoms with E-state index in [1.807, 2.05) is 0 Å². The first-order valence-electron chi connectivity index (χ1n) is 4.18. The van der Waals surface area contributed by atoms with Gasteiger partial charge < -0.3 is 4.81 Å². The average molecular weight is 194 g/mol. The smallest absolute Gasteiger partial charge is 0.282 e. The van der Waals surface area contributed by atoms with E-state index in [1.54, 1.807) is 6.82 Å². The molecular weight excluding hydrogens is 187 g/mol. The van der Waals surface area contributed by atoms with Gasteiger partial charge in [0.25, 0.3) is 29.0 Å². The molecule has 0 saturated carbocycles. The molecule has 0 aromatic carbocycles. The molecule has 0 aromatic rings. The Bertz CT molecular complexity index is 357. The van der Waals surface area contributed by atoms with E-state index in [9.17, 15) is 19.2 Å². The highest BCUT2D eigenvalue weighted by Gasteiger charge is 2.78. The van der Waals surface area contributed by atoms with Gasteiger partial charge >= 0.3 is 0 Å². The van der Waals surface area contributed by atoms with Crippen molar-refractivity contribution in [3.8, 4) is 0 Å². The molecule has 0 aromatic heterocycles. The molecule has 0 unspecified atom stereocenters. The van der Waals surface area contributed by atoms with Gasteiger partial charge in [0.15, 0.2) is 0 Å². The van der Waals surface area contributed by atoms with E-state index in [4.69, 9.17) is 0 Å². The topological polar surface area (TPSA) is 74.8 Å². The van der Waals surface area contributed by atoms with Crippen molar-refractivity contribution in [2.24, 2.45) is 5.41 Å². The van der Waals surface area contributed by atoms with Gasteiger partial charge in [0, 0.05) is 7.05 Å². The molecule has 2 fully saturated rings. The van der Waals surface area contributed by atoms with Crippen molar-refractivity contribution in [1.82, 2.24) is 9.71 Å². The predicted molar refractivity (Wildman–Crippen MR) is 45.1 cm³/mol. The van der Waals surface area contributed by atoms with Crippen molar-refractivity contribution in [2.45, 2.75) is 6.82 Å². The zero-order chi connectivity index (χ0) is 10.7. The fourth-order valence-electron chi connectivity index (χ4n) is 1.82. The van der Waals surface area contributed by atoms with Crippen LogP contribution in [0, 0.1) is 5.41 Å². The summed E-state index contributed by atoms with van der Waals surface area (Å²) in [6.07, 6.45) is 0. The van der Waals surface area contributed by atoms with Gasteiger partial charge in [-0.2, -0.15) is 0 Å². The Morgan fingerprint density at radius 3 is 1.79 bits per heavy atom. The van der Waals surface area contributed by atoms with Crippen LogP contribution in [0.1, 0.15) is 0 Å². The molecule has 0 bridgehead atoms. The molecular formula is C7H7BN2O4. The van der Waals surface area contributed by atoms with E-state index in [2.05, 4.69) is 0 Å². The maximum absolute atomic E-state index is 11.4. The van der Waals surface area contributed by atoms with Gasteiger partial charge in [0.1, 0.15) is 0 Å². The number of likely N-dealkylation sites (tertiary alicyclic amines) is 1. The first-order chi connectivity index (χ1) is 6.49. The van der Waals surface area contributed by atoms with Gasteiger partial charge in [0.05, 0.1) is 0 Å². The third-order valence-electron chi connectivity index (χ3n) is 2.70. The highest BCUT2D eigenvalue weighted by atomic mass is 16.2. The Kier molecular flexibility index (Phi) is 1.42. The predicted octanol–water partition coefficient (Wildman–Crippen LogP) is -2.26. The summed E-state index contributed by atoms with van der Waals surface area (Å²) in [5, 5.41) is 0. The van der Waals surface area contributed by atoms with Crippen LogP contribution in [0.15, 0.2) is 0 Å². The Labute approximate surface area is 80.1 Å². The highest BCUT2D eigenvalue weighted by Crippen LogP contribution is 2.43. The minimum Gasteiger partial charge on any atom is -0.329 e. The molecule has 14 heavy (non-hydrogen) atoms. The Balaban J connectivity index is 2.39. The number of rotatable bonds is 1. The lowest BCUT2D eigenvalue weighted by molar-refractivity contribution is -0.193. The van der Waals surface area contributed by atoms with Gasteiger partial charge in [-0.05, 0) is 0 Å². The lowest BCUT2D eigenvalue weighted by atomic mass is 9.65. The van der Waals surface area contributed by atoms with Gasteiger partial charge in [-0.3, -0.25) is 24.1 Å². The average Bonchev–Trinajstić information content (AvgIpc) is 2.18. The molecule has 2 heterocycles. The van der Waals surface area contributed by atoms with Crippen LogP contribution in [0.25, 0.3) is 0 Å². The van der Waals surface area contributed by atoms with Crippen LogP contribution in [-0.4, -0.2) is 47.8 Å². The molecule has 0 radical (unpaired) electrons. The van der Waals surface area contributed by atoms with Crippen molar-refractivity contribution in [3.05, 3.63) is 0 Å². The van der Waals surface area contributed by atoms with Crippen molar-refractivity contribution in [1.29, 1.82) is 0 Å². The normalized spacial score (nSPS) is 23.9. The monoisotopic (exact) mass is 194 g/mol. The van der Waals surface area contributed by atoms with Crippen LogP contribution in [0.2, 0.25) is 6.82 Å². The number of amides is 4. The third kappa shape index (κ3) is 0.555. The van der Waals surface area contributed by atoms with Crippen molar-refractivity contribution in [3.63, 3.8) is 0 Å². The molecule has 0 atom stereocenters. The minimum absolute atomic E-state index is 0.198. The van der Waals surface area contributed by atoms with Crippen LogP contribution in [0.5, 0.6) is 0 Å². The van der Waals surface area contributed by atoms with Gasteiger partial charge in [-0.15, -0.1) is 0 Å². The van der Waals surface area contributed by atoms with E-state index in [0.29, 0.717) is 0 Å². The van der Waals surface area contributed by atoms with E-state index >= 15 is 0 Å². The lowest BCUT2D eigenvalue weighted by Gasteiger charge is -2.51. The number of hydrogen-bond donors (Lipinski definition) is 0. The number of carbonyl (C=O) groups is 4. The van der Waals surface area contributed by atoms with Crippen LogP contribution in [0.4, 0.5) is 0 Å². The van der Waals surface area contributed by atoms with Crippen molar-refractivity contribution < 1.29 is 19.2 Å². The SMILES string of the molecule is CBN1C(=O)C2(C(=O)N(C)C2=O)C1=O. The summed E-state index contributed by atoms with van der Waals surface area (Å²) >= 11 is 0. The quantitative estimate of drug-likeness (QED) is 0.268. The molecule has 0 aliphatic carbocycles. The molecule has 1 spiro atoms. The van der Waals surface area contributed by atoms with Crippen molar-refractivity contribution in [2.75, 3.05) is 7.05 Å². The molecule has 6 nitrogen and oxygen atoms in total. The summed E-state index contributed by atoms with van der Waals surface area (Å²) in [5.74, 6) is -2.78. The molecule has 2 aliphatic rings. The fourth-order valence-corrected chi connectivity index (χ4v) is 1.82. The van der Waals surface area contributed by atoms with Crippen LogP contribution < -0.4 is 0 Å². The first kappa shape index (κ1) is 8.92. The maximum atomic E-state index is 11.4. The largest absolute Gasteiger partial charge is 0.329 e. The molecule has 2 rings (SSSR count). The first-order valence-corrected chi connectivity index (χ1v) is 4.18. The van der Waals surface area contributed by atoms with Crippen LogP contribution in [-0.2, 0) is 19.2 Å². The molecule has 4 amide bonds. The summed E-state index contributed by atoms with van der Waals surface area (Å²) < 4.78 is 0. The van der Waals surface area contributed by atoms with E-state index in [1.165, 1.54) is 7.05 Å². The lowest BCUT2D eigenvalue weighted by Crippen LogP contribution is -2.83. The summed E-state index contributed by atoms with van der Waals surface area (Å²) in [4.78, 5) is 47.1. The standard InChI is InChI=1S/C7H7BN2O4/c1-8-10-5(13)7(6(10)14)3(11)9(2)4(7)12/h8H,1-2H3. The van der Waals surface area contributed by atoms with E-state index in [0.717, 1.165) is 9.71 Å². The highest BCUT2D eigenvalue weighted by molar-refractivity contribution is 6.61. The fraction of sp³-hybridized carbons (Fsp3) is 0.429. The Morgan fingerprint density at radius 2 is 1.43 bits per heavy atom. The molecule has 7 heteroatoms. The van der Waals surface area contributed by atoms with Crippen LogP contribution >= 0.6 is 0 Å².